The van der Waals surface area contributed by atoms with Gasteiger partial charge in [0.2, 0.25) is 0 Å². The van der Waals surface area contributed by atoms with Crippen molar-refractivity contribution in [2.75, 3.05) is 0 Å². The lowest BCUT2D eigenvalue weighted by Crippen LogP contribution is -2.26. The van der Waals surface area contributed by atoms with Gasteiger partial charge in [0.25, 0.3) is 0 Å². The molecule has 2 N–H and O–H groups in total. The van der Waals surface area contributed by atoms with Crippen LogP contribution in [0.5, 0.6) is 0 Å². The number of nitrogens with one attached hydrogen (secondary N) is 1. The van der Waals surface area contributed by atoms with Gasteiger partial charge in [0.15, 0.2) is 5.78 Å². The highest BCUT2D eigenvalue weighted by Crippen LogP contribution is 2.17. The first kappa shape index (κ1) is 11.4. The number of nitrogens with zero attached hydrogens (tertiary/aromatic N) is 1. The van der Waals surface area contributed by atoms with Crippen LogP contribution in [0.3, 0.4) is 0 Å². The maximum Gasteiger partial charge on any atom is 0.186 e. The first-order valence-electron chi connectivity index (χ1n) is 5.21. The Hall–Kier alpha value is -2.04. The van der Waals surface area contributed by atoms with Crippen LogP contribution in [0.4, 0.5) is 0 Å². The van der Waals surface area contributed by atoms with Gasteiger partial charge >= 0.3 is 0 Å². The number of Topliss-reactive ketones (excluding diaryl/α,β-unsaturated/α-hetero) is 1. The molecule has 86 valence electrons. The van der Waals surface area contributed by atoms with Crippen LogP contribution in [0.1, 0.15) is 22.0 Å². The fraction of sp³-hybridized carbons (Fsp3) is 0.0769. The van der Waals surface area contributed by atoms with E-state index in [4.69, 9.17) is 5.21 Å². The second-order valence-electron chi connectivity index (χ2n) is 3.57. The predicted molar refractivity (Wildman–Crippen MR) is 62.7 cm³/mol. The number of pyridine rings is 1. The molecule has 4 nitrogen and oxygen atoms in total. The van der Waals surface area contributed by atoms with Crippen LogP contribution in [-0.2, 0) is 0 Å². The Labute approximate surface area is 98.9 Å². The van der Waals surface area contributed by atoms with Crippen LogP contribution in [0.15, 0.2) is 54.9 Å². The summed E-state index contributed by atoms with van der Waals surface area (Å²) in [5.74, 6) is -0.193. The minimum atomic E-state index is -0.751. The largest absolute Gasteiger partial charge is 0.316 e. The third-order valence-electron chi connectivity index (χ3n) is 2.49. The summed E-state index contributed by atoms with van der Waals surface area (Å²) in [5, 5.41) is 9.12. The van der Waals surface area contributed by atoms with Crippen LogP contribution in [0.25, 0.3) is 0 Å². The quantitative estimate of drug-likeness (QED) is 0.620. The van der Waals surface area contributed by atoms with Crippen molar-refractivity contribution in [3.63, 3.8) is 0 Å². The summed E-state index contributed by atoms with van der Waals surface area (Å²) in [4.78, 5) is 16.0. The number of aromatic nitrogens is 1. The number of carbonyl (C=O) groups is 1. The van der Waals surface area contributed by atoms with Gasteiger partial charge in [-0.2, -0.15) is 5.48 Å². The zero-order valence-corrected chi connectivity index (χ0v) is 9.08. The van der Waals surface area contributed by atoms with Crippen molar-refractivity contribution in [2.45, 2.75) is 6.04 Å². The summed E-state index contributed by atoms with van der Waals surface area (Å²) in [6.07, 6.45) is 3.10. The Bertz CT molecular complexity index is 485. The van der Waals surface area contributed by atoms with Gasteiger partial charge in [0.1, 0.15) is 6.04 Å². The zero-order valence-electron chi connectivity index (χ0n) is 9.08. The molecule has 0 aliphatic rings. The predicted octanol–water partition coefficient (Wildman–Crippen LogP) is 1.98. The molecule has 1 heterocycles. The SMILES string of the molecule is O=C(c1ccncc1)C(NO)c1ccccc1. The van der Waals surface area contributed by atoms with E-state index < -0.39 is 6.04 Å². The number of hydrogen-bond acceptors (Lipinski definition) is 4. The zero-order chi connectivity index (χ0) is 12.1. The number of ketones is 1. The monoisotopic (exact) mass is 228 g/mol. The van der Waals surface area contributed by atoms with Crippen molar-refractivity contribution in [3.8, 4) is 0 Å². The lowest BCUT2D eigenvalue weighted by molar-refractivity contribution is 0.0764. The van der Waals surface area contributed by atoms with Crippen LogP contribution < -0.4 is 5.48 Å². The molecule has 0 spiro atoms. The highest BCUT2D eigenvalue weighted by atomic mass is 16.5. The molecule has 1 aromatic carbocycles. The molecule has 0 aliphatic carbocycles. The molecular weight excluding hydrogens is 216 g/mol. The highest BCUT2D eigenvalue weighted by molar-refractivity contribution is 6.00. The second-order valence-corrected chi connectivity index (χ2v) is 3.57. The molecule has 2 aromatic rings. The fourth-order valence-corrected chi connectivity index (χ4v) is 1.61. The minimum Gasteiger partial charge on any atom is -0.316 e. The van der Waals surface area contributed by atoms with Gasteiger partial charge in [0.05, 0.1) is 0 Å². The van der Waals surface area contributed by atoms with E-state index in [2.05, 4.69) is 4.98 Å². The molecule has 0 amide bonds. The smallest absolute Gasteiger partial charge is 0.186 e. The van der Waals surface area contributed by atoms with Crippen molar-refractivity contribution in [2.24, 2.45) is 0 Å². The molecule has 1 unspecified atom stereocenters. The van der Waals surface area contributed by atoms with Gasteiger partial charge in [-0.3, -0.25) is 9.78 Å². The molecule has 0 aliphatic heterocycles. The number of hydroxylamine groups is 1. The summed E-state index contributed by atoms with van der Waals surface area (Å²) >= 11 is 0. The summed E-state index contributed by atoms with van der Waals surface area (Å²) in [7, 11) is 0. The summed E-state index contributed by atoms with van der Waals surface area (Å²) in [6.45, 7) is 0. The maximum atomic E-state index is 12.1. The van der Waals surface area contributed by atoms with E-state index in [1.54, 1.807) is 36.7 Å². The highest BCUT2D eigenvalue weighted by Gasteiger charge is 2.20. The average molecular weight is 228 g/mol. The molecule has 4 heteroatoms. The van der Waals surface area contributed by atoms with Gasteiger partial charge < -0.3 is 5.21 Å². The van der Waals surface area contributed by atoms with Gasteiger partial charge in [0, 0.05) is 18.0 Å². The topological polar surface area (TPSA) is 62.2 Å². The van der Waals surface area contributed by atoms with Crippen molar-refractivity contribution in [1.29, 1.82) is 0 Å². The second kappa shape index (κ2) is 5.34. The molecule has 17 heavy (non-hydrogen) atoms. The van der Waals surface area contributed by atoms with Crippen molar-refractivity contribution in [3.05, 3.63) is 66.0 Å². The molecule has 1 aromatic heterocycles. The molecule has 0 radical (unpaired) electrons. The Morgan fingerprint density at radius 3 is 2.35 bits per heavy atom. The van der Waals surface area contributed by atoms with Crippen LogP contribution >= 0.6 is 0 Å². The third kappa shape index (κ3) is 2.55. The van der Waals surface area contributed by atoms with E-state index in [0.29, 0.717) is 5.56 Å². The molecule has 0 saturated heterocycles. The van der Waals surface area contributed by atoms with Crippen molar-refractivity contribution in [1.82, 2.24) is 10.5 Å². The third-order valence-corrected chi connectivity index (χ3v) is 2.49. The lowest BCUT2D eigenvalue weighted by Gasteiger charge is -2.13. The molecule has 0 fully saturated rings. The first-order chi connectivity index (χ1) is 8.33. The summed E-state index contributed by atoms with van der Waals surface area (Å²) < 4.78 is 0. The average Bonchev–Trinajstić information content (AvgIpc) is 2.42. The molecule has 1 atom stereocenters. The van der Waals surface area contributed by atoms with Gasteiger partial charge in [-0.15, -0.1) is 0 Å². The van der Waals surface area contributed by atoms with E-state index in [9.17, 15) is 4.79 Å². The summed E-state index contributed by atoms with van der Waals surface area (Å²) in [5.41, 5.74) is 3.28. The molecule has 2 rings (SSSR count). The van der Waals surface area contributed by atoms with Crippen LogP contribution in [-0.4, -0.2) is 16.0 Å². The Morgan fingerprint density at radius 2 is 1.76 bits per heavy atom. The fourth-order valence-electron chi connectivity index (χ4n) is 1.61. The Kier molecular flexibility index (Phi) is 3.59. The standard InChI is InChI=1S/C13H12N2O2/c16-13(11-6-8-14-9-7-11)12(15-17)10-4-2-1-3-5-10/h1-9,12,15,17H. The van der Waals surface area contributed by atoms with Crippen molar-refractivity contribution >= 4 is 5.78 Å². The molecule has 0 saturated carbocycles. The molecular formula is C13H12N2O2. The van der Waals surface area contributed by atoms with Crippen LogP contribution in [0.2, 0.25) is 0 Å². The normalized spacial score (nSPS) is 12.1. The van der Waals surface area contributed by atoms with E-state index in [0.717, 1.165) is 5.56 Å². The first-order valence-corrected chi connectivity index (χ1v) is 5.21. The van der Waals surface area contributed by atoms with Crippen LogP contribution in [0, 0.1) is 0 Å². The van der Waals surface area contributed by atoms with Gasteiger partial charge in [-0.05, 0) is 17.7 Å². The number of rotatable bonds is 4. The van der Waals surface area contributed by atoms with Gasteiger partial charge in [-0.1, -0.05) is 30.3 Å². The summed E-state index contributed by atoms with van der Waals surface area (Å²) in [6, 6.07) is 11.6. The number of hydrogen-bond donors (Lipinski definition) is 2. The van der Waals surface area contributed by atoms with E-state index in [1.807, 2.05) is 23.7 Å². The Morgan fingerprint density at radius 1 is 1.12 bits per heavy atom. The van der Waals surface area contributed by atoms with E-state index in [1.165, 1.54) is 0 Å². The molecule has 0 bridgehead atoms. The van der Waals surface area contributed by atoms with Crippen molar-refractivity contribution < 1.29 is 10.0 Å². The minimum absolute atomic E-state index is 0.193. The number of benzene rings is 1. The maximum absolute atomic E-state index is 12.1. The van der Waals surface area contributed by atoms with E-state index in [-0.39, 0.29) is 5.78 Å². The lowest BCUT2D eigenvalue weighted by atomic mass is 9.99. The number of carbonyl (C=O) groups excluding carboxylic acids is 1. The Balaban J connectivity index is 2.29. The van der Waals surface area contributed by atoms with Gasteiger partial charge in [-0.25, -0.2) is 0 Å². The van der Waals surface area contributed by atoms with E-state index >= 15 is 0 Å².